The molecule has 0 amide bonds. The normalized spacial score (nSPS) is 12.9. The Morgan fingerprint density at radius 3 is 2.06 bits per heavy atom. The second-order valence-corrected chi connectivity index (χ2v) is 8.19. The van der Waals surface area contributed by atoms with Gasteiger partial charge in [-0.15, -0.1) is 11.8 Å². The second-order valence-electron chi connectivity index (χ2n) is 7.31. The monoisotopic (exact) mass is 481 g/mol. The lowest BCUT2D eigenvalue weighted by atomic mass is 10.1. The Hall–Kier alpha value is -2.00. The predicted octanol–water partition coefficient (Wildman–Crippen LogP) is 4.46. The van der Waals surface area contributed by atoms with E-state index in [4.69, 9.17) is 18.9 Å². The highest BCUT2D eigenvalue weighted by molar-refractivity contribution is 7.98. The number of benzene rings is 1. The number of ketones is 1. The first-order chi connectivity index (χ1) is 14.8. The van der Waals surface area contributed by atoms with E-state index in [0.29, 0.717) is 25.2 Å². The minimum Gasteiger partial charge on any atom is -0.493 e. The van der Waals surface area contributed by atoms with Crippen LogP contribution >= 0.6 is 11.8 Å². The Bertz CT molecular complexity index is 697. The molecule has 0 fully saturated rings. The molecular formula is C24H38BO7S. The summed E-state index contributed by atoms with van der Waals surface area (Å²) in [5, 5.41) is 0. The van der Waals surface area contributed by atoms with Gasteiger partial charge in [0.1, 0.15) is 23.7 Å². The van der Waals surface area contributed by atoms with Crippen molar-refractivity contribution in [2.45, 2.75) is 83.5 Å². The van der Waals surface area contributed by atoms with Crippen LogP contribution in [0.5, 0.6) is 5.75 Å². The fourth-order valence-electron chi connectivity index (χ4n) is 2.74. The van der Waals surface area contributed by atoms with E-state index in [-0.39, 0.29) is 47.0 Å². The van der Waals surface area contributed by atoms with Gasteiger partial charge in [-0.05, 0) is 50.8 Å². The van der Waals surface area contributed by atoms with Gasteiger partial charge in [-0.2, -0.15) is 0 Å². The third-order valence-electron chi connectivity index (χ3n) is 4.59. The molecule has 9 heteroatoms. The topological polar surface area (TPSA) is 88.1 Å². The first-order valence-electron chi connectivity index (χ1n) is 10.4. The zero-order valence-corrected chi connectivity index (χ0v) is 20.4. The number of esters is 2. The lowest BCUT2D eigenvalue weighted by Crippen LogP contribution is -2.28. The van der Waals surface area contributed by atoms with Crippen molar-refractivity contribution in [2.24, 2.45) is 0 Å². The van der Waals surface area contributed by atoms with Crippen molar-refractivity contribution in [1.29, 1.82) is 0 Å². The number of hydrogen-bond donors (Lipinski definition) is 0. The molecule has 0 aliphatic heterocycles. The Kier molecular flexibility index (Phi) is 18.5. The minimum absolute atomic E-state index is 0. The van der Waals surface area contributed by atoms with Crippen LogP contribution in [0.15, 0.2) is 29.2 Å². The van der Waals surface area contributed by atoms with E-state index in [1.807, 2.05) is 37.4 Å². The summed E-state index contributed by atoms with van der Waals surface area (Å²) < 4.78 is 21.6. The van der Waals surface area contributed by atoms with Crippen LogP contribution in [0.25, 0.3) is 0 Å². The predicted molar refractivity (Wildman–Crippen MR) is 132 cm³/mol. The largest absolute Gasteiger partial charge is 0.493 e. The molecule has 1 aromatic rings. The Balaban J connectivity index is 0. The number of Topliss-reactive ketones (excluding diaryl/α,β-unsaturated/α-hetero) is 1. The van der Waals surface area contributed by atoms with Crippen LogP contribution in [-0.4, -0.2) is 64.4 Å². The van der Waals surface area contributed by atoms with Crippen molar-refractivity contribution in [3.05, 3.63) is 24.3 Å². The summed E-state index contributed by atoms with van der Waals surface area (Å²) >= 11 is 1.65. The fraction of sp³-hybridized carbons (Fsp3) is 0.625. The number of thioether (sulfide) groups is 1. The van der Waals surface area contributed by atoms with Gasteiger partial charge < -0.3 is 18.9 Å². The average Bonchev–Trinajstić information content (AvgIpc) is 2.72. The summed E-state index contributed by atoms with van der Waals surface area (Å²) in [6.07, 6.45) is 1.62. The Morgan fingerprint density at radius 2 is 1.55 bits per heavy atom. The molecular weight excluding hydrogens is 443 g/mol. The number of carbonyl (C=O) groups excluding carboxylic acids is 3. The van der Waals surface area contributed by atoms with Gasteiger partial charge in [0.15, 0.2) is 0 Å². The van der Waals surface area contributed by atoms with Gasteiger partial charge in [-0.3, -0.25) is 14.4 Å². The van der Waals surface area contributed by atoms with Crippen LogP contribution < -0.4 is 4.74 Å². The summed E-state index contributed by atoms with van der Waals surface area (Å²) in [5.74, 6) is -0.284. The molecule has 0 aliphatic rings. The van der Waals surface area contributed by atoms with E-state index < -0.39 is 24.1 Å². The minimum atomic E-state index is -0.586. The van der Waals surface area contributed by atoms with Crippen molar-refractivity contribution >= 4 is 37.9 Å². The lowest BCUT2D eigenvalue weighted by molar-refractivity contribution is -0.159. The van der Waals surface area contributed by atoms with Crippen LogP contribution in [-0.2, 0) is 28.6 Å². The van der Waals surface area contributed by atoms with E-state index in [9.17, 15) is 14.4 Å². The van der Waals surface area contributed by atoms with Crippen LogP contribution in [0.3, 0.4) is 0 Å². The molecule has 0 aliphatic carbocycles. The number of hydrogen-bond acceptors (Lipinski definition) is 8. The third kappa shape index (κ3) is 14.7. The van der Waals surface area contributed by atoms with Crippen molar-refractivity contribution in [3.8, 4) is 5.75 Å². The molecule has 185 valence electrons. The standard InChI is InChI=1S/C23H34O7S.CH4.B/c1-6-18(29-22(25)14-17(3)27-4)15-23(26)30-20(13-16(2)24)11-12-28-19-7-9-21(31-5)10-8-19;;/h7-10,17-18,20H,6,11-15H2,1-5H3;1H4;. The summed E-state index contributed by atoms with van der Waals surface area (Å²) in [5.41, 5.74) is 0. The van der Waals surface area contributed by atoms with E-state index in [2.05, 4.69) is 0 Å². The molecule has 7 nitrogen and oxygen atoms in total. The number of rotatable bonds is 15. The maximum Gasteiger partial charge on any atom is 0.309 e. The Labute approximate surface area is 204 Å². The van der Waals surface area contributed by atoms with Gasteiger partial charge in [0, 0.05) is 33.3 Å². The molecule has 3 atom stereocenters. The Morgan fingerprint density at radius 1 is 0.970 bits per heavy atom. The van der Waals surface area contributed by atoms with Gasteiger partial charge in [0.2, 0.25) is 0 Å². The lowest BCUT2D eigenvalue weighted by Gasteiger charge is -2.20. The maximum absolute atomic E-state index is 12.4. The molecule has 0 saturated heterocycles. The molecule has 0 spiro atoms. The van der Waals surface area contributed by atoms with Crippen molar-refractivity contribution < 1.29 is 33.3 Å². The highest BCUT2D eigenvalue weighted by Gasteiger charge is 2.22. The molecule has 0 saturated carbocycles. The third-order valence-corrected chi connectivity index (χ3v) is 5.33. The SMILES string of the molecule is C.CCC(CC(=O)OC(CCOc1ccc(SC)cc1)CC(C)=O)OC(=O)CC(C)OC.[B]. The molecule has 0 bridgehead atoms. The zero-order chi connectivity index (χ0) is 23.2. The van der Waals surface area contributed by atoms with E-state index in [1.54, 1.807) is 18.7 Å². The molecule has 0 N–H and O–H groups in total. The van der Waals surface area contributed by atoms with Gasteiger partial charge >= 0.3 is 11.9 Å². The van der Waals surface area contributed by atoms with Crippen molar-refractivity contribution in [1.82, 2.24) is 0 Å². The highest BCUT2D eigenvalue weighted by atomic mass is 32.2. The molecule has 0 aromatic heterocycles. The van der Waals surface area contributed by atoms with E-state index >= 15 is 0 Å². The van der Waals surface area contributed by atoms with Gasteiger partial charge in [-0.25, -0.2) is 0 Å². The highest BCUT2D eigenvalue weighted by Crippen LogP contribution is 2.19. The number of ether oxygens (including phenoxy) is 4. The first kappa shape index (κ1) is 33.2. The van der Waals surface area contributed by atoms with Crippen LogP contribution in [0, 0.1) is 0 Å². The smallest absolute Gasteiger partial charge is 0.309 e. The molecule has 33 heavy (non-hydrogen) atoms. The zero-order valence-electron chi connectivity index (χ0n) is 19.6. The van der Waals surface area contributed by atoms with E-state index in [0.717, 1.165) is 4.90 Å². The molecule has 0 heterocycles. The summed E-state index contributed by atoms with van der Waals surface area (Å²) in [7, 11) is 1.52. The molecule has 1 rings (SSSR count). The molecule has 3 unspecified atom stereocenters. The summed E-state index contributed by atoms with van der Waals surface area (Å²) in [4.78, 5) is 37.0. The fourth-order valence-corrected chi connectivity index (χ4v) is 3.15. The number of methoxy groups -OCH3 is 1. The maximum atomic E-state index is 12.4. The first-order valence-corrected chi connectivity index (χ1v) is 11.7. The summed E-state index contributed by atoms with van der Waals surface area (Å²) in [6.45, 7) is 5.36. The van der Waals surface area contributed by atoms with Crippen LogP contribution in [0.4, 0.5) is 0 Å². The average molecular weight is 481 g/mol. The summed E-state index contributed by atoms with van der Waals surface area (Å²) in [6, 6.07) is 7.68. The van der Waals surface area contributed by atoms with Crippen molar-refractivity contribution in [2.75, 3.05) is 20.0 Å². The van der Waals surface area contributed by atoms with Gasteiger partial charge in [0.25, 0.3) is 0 Å². The van der Waals surface area contributed by atoms with E-state index in [1.165, 1.54) is 14.0 Å². The van der Waals surface area contributed by atoms with Crippen LogP contribution in [0.1, 0.15) is 60.3 Å². The number of carbonyl (C=O) groups is 3. The van der Waals surface area contributed by atoms with Gasteiger partial charge in [-0.1, -0.05) is 14.4 Å². The second kappa shape index (κ2) is 18.4. The van der Waals surface area contributed by atoms with Crippen LogP contribution in [0.2, 0.25) is 0 Å². The molecule has 1 aromatic carbocycles. The van der Waals surface area contributed by atoms with Crippen molar-refractivity contribution in [3.63, 3.8) is 0 Å². The molecule has 3 radical (unpaired) electrons. The quantitative estimate of drug-likeness (QED) is 0.206. The van der Waals surface area contributed by atoms with Gasteiger partial charge in [0.05, 0.1) is 25.6 Å².